The van der Waals surface area contributed by atoms with Gasteiger partial charge in [-0.25, -0.2) is 9.97 Å². The Kier molecular flexibility index (Phi) is 7.90. The smallest absolute Gasteiger partial charge is 0.290 e. The number of nitrogens with one attached hydrogen (secondary N) is 1. The first-order chi connectivity index (χ1) is 23.6. The molecule has 8 rings (SSSR count). The van der Waals surface area contributed by atoms with Crippen molar-refractivity contribution in [3.8, 4) is 5.82 Å². The minimum Gasteiger partial charge on any atom is -0.378 e. The lowest BCUT2D eigenvalue weighted by atomic mass is 9.90. The average Bonchev–Trinajstić information content (AvgIpc) is 3.55. The maximum absolute atomic E-state index is 13.8. The van der Waals surface area contributed by atoms with Crippen molar-refractivity contribution in [3.05, 3.63) is 86.7 Å². The highest BCUT2D eigenvalue weighted by Crippen LogP contribution is 2.43. The van der Waals surface area contributed by atoms with Gasteiger partial charge in [0.15, 0.2) is 18.3 Å². The van der Waals surface area contributed by atoms with E-state index in [2.05, 4.69) is 57.0 Å². The predicted molar refractivity (Wildman–Crippen MR) is 190 cm³/mol. The van der Waals surface area contributed by atoms with Crippen LogP contribution in [0.4, 0.5) is 11.5 Å². The van der Waals surface area contributed by atoms with Crippen LogP contribution in [0.1, 0.15) is 47.1 Å². The van der Waals surface area contributed by atoms with E-state index in [1.165, 1.54) is 26.5 Å². The summed E-state index contributed by atoms with van der Waals surface area (Å²) in [5.41, 5.74) is 4.08. The molecule has 254 valence electrons. The van der Waals surface area contributed by atoms with Crippen molar-refractivity contribution in [1.29, 1.82) is 0 Å². The Bertz CT molecular complexity index is 2070. The Morgan fingerprint density at radius 1 is 1.12 bits per heavy atom. The highest BCUT2D eigenvalue weighted by Gasteiger charge is 2.34. The first-order valence-corrected chi connectivity index (χ1v) is 17.5. The SMILES string of the molecule is C[C@H]1CN(C2COC2)CCN1c1ccc(NC2=CC(c3ccnc(-n4ncc5c6c(sc5c4=O)CC(C)(C)C6)c3C=O)=CN(C)C2O)nc1. The highest BCUT2D eigenvalue weighted by molar-refractivity contribution is 7.19. The molecule has 4 aromatic heterocycles. The molecule has 2 atom stereocenters. The van der Waals surface area contributed by atoms with E-state index in [0.717, 1.165) is 56.8 Å². The number of ether oxygens (including phenoxy) is 1. The summed E-state index contributed by atoms with van der Waals surface area (Å²) in [6.45, 7) is 11.3. The van der Waals surface area contributed by atoms with Gasteiger partial charge in [0.25, 0.3) is 5.56 Å². The second-order valence-electron chi connectivity index (χ2n) is 14.3. The topological polar surface area (TPSA) is 129 Å². The van der Waals surface area contributed by atoms with E-state index in [4.69, 9.17) is 4.74 Å². The molecular formula is C36H40N8O4S. The number of rotatable bonds is 7. The summed E-state index contributed by atoms with van der Waals surface area (Å²) < 4.78 is 7.24. The number of carbonyl (C=O) groups is 1. The maximum Gasteiger partial charge on any atom is 0.290 e. The Morgan fingerprint density at radius 3 is 2.67 bits per heavy atom. The number of likely N-dealkylation sites (N-methyl/N-ethyl adjacent to an activating group) is 1. The number of aldehydes is 1. The van der Waals surface area contributed by atoms with E-state index < -0.39 is 6.23 Å². The summed E-state index contributed by atoms with van der Waals surface area (Å²) in [7, 11) is 1.76. The Morgan fingerprint density at radius 2 is 1.96 bits per heavy atom. The monoisotopic (exact) mass is 680 g/mol. The third-order valence-electron chi connectivity index (χ3n) is 10.2. The molecule has 4 aromatic rings. The van der Waals surface area contributed by atoms with Crippen molar-refractivity contribution in [2.24, 2.45) is 5.41 Å². The molecule has 0 saturated carbocycles. The van der Waals surface area contributed by atoms with E-state index >= 15 is 0 Å². The van der Waals surface area contributed by atoms with Crippen molar-refractivity contribution in [2.75, 3.05) is 50.1 Å². The number of carbonyl (C=O) groups excluding carboxylic acids is 1. The number of fused-ring (bicyclic) bond motifs is 3. The van der Waals surface area contributed by atoms with E-state index in [9.17, 15) is 14.7 Å². The van der Waals surface area contributed by atoms with Crippen LogP contribution in [0.25, 0.3) is 21.5 Å². The van der Waals surface area contributed by atoms with Crippen molar-refractivity contribution >= 4 is 44.8 Å². The Hall–Kier alpha value is -4.43. The first-order valence-electron chi connectivity index (χ1n) is 16.7. The highest BCUT2D eigenvalue weighted by atomic mass is 32.1. The molecule has 1 unspecified atom stereocenters. The summed E-state index contributed by atoms with van der Waals surface area (Å²) in [5, 5.41) is 19.8. The molecule has 3 aliphatic heterocycles. The van der Waals surface area contributed by atoms with Gasteiger partial charge in [-0.15, -0.1) is 11.3 Å². The molecule has 7 heterocycles. The van der Waals surface area contributed by atoms with E-state index in [1.807, 2.05) is 12.3 Å². The molecule has 12 nitrogen and oxygen atoms in total. The van der Waals surface area contributed by atoms with Crippen LogP contribution in [0.3, 0.4) is 0 Å². The molecule has 0 amide bonds. The molecule has 0 aromatic carbocycles. The lowest BCUT2D eigenvalue weighted by Crippen LogP contribution is -2.59. The standard InChI is InChI=1S/C36H40N8O4S/c1-21-16-42(24-19-48-20-24)9-10-43(21)23-5-6-31(38-14-23)40-29-11-22(17-41(4)34(29)46)25-7-8-37-33(28(25)18-45)44-35(47)32-27(15-39-44)26-12-36(2,3)13-30(26)49-32/h5-8,11,14-15,17-18,21,24,34,46H,9-10,12-13,16,19-20H2,1-4H3,(H,38,40)/t21-,34?/m0/s1. The molecule has 0 radical (unpaired) electrons. The molecule has 0 spiro atoms. The zero-order valence-electron chi connectivity index (χ0n) is 28.1. The van der Waals surface area contributed by atoms with Crippen molar-refractivity contribution in [1.82, 2.24) is 29.5 Å². The number of aromatic nitrogens is 4. The Labute approximate surface area is 288 Å². The molecule has 2 N–H and O–H groups in total. The fourth-order valence-electron chi connectivity index (χ4n) is 7.50. The van der Waals surface area contributed by atoms with Gasteiger partial charge in [0.2, 0.25) is 0 Å². The molecule has 2 fully saturated rings. The Balaban J connectivity index is 1.05. The second kappa shape index (κ2) is 12.2. The number of aliphatic hydroxyl groups is 1. The molecule has 1 aliphatic carbocycles. The third-order valence-corrected chi connectivity index (χ3v) is 11.4. The number of thiophene rings is 1. The van der Waals surface area contributed by atoms with E-state index in [0.29, 0.717) is 45.7 Å². The van der Waals surface area contributed by atoms with E-state index in [-0.39, 0.29) is 22.4 Å². The lowest BCUT2D eigenvalue weighted by Gasteiger charge is -2.46. The van der Waals surface area contributed by atoms with Crippen LogP contribution in [-0.2, 0) is 17.6 Å². The van der Waals surface area contributed by atoms with Gasteiger partial charge >= 0.3 is 0 Å². The molecule has 13 heteroatoms. The van der Waals surface area contributed by atoms with Crippen LogP contribution < -0.4 is 15.8 Å². The number of nitrogens with zero attached hydrogens (tertiary/aromatic N) is 7. The second-order valence-corrected chi connectivity index (χ2v) is 15.4. The van der Waals surface area contributed by atoms with Crippen molar-refractivity contribution < 1.29 is 14.6 Å². The molecular weight excluding hydrogens is 641 g/mol. The van der Waals surface area contributed by atoms with Gasteiger partial charge in [0, 0.05) is 61.0 Å². The number of hydrogen-bond acceptors (Lipinski definition) is 12. The summed E-state index contributed by atoms with van der Waals surface area (Å²) in [6, 6.07) is 6.58. The molecule has 4 aliphatic rings. The summed E-state index contributed by atoms with van der Waals surface area (Å²) in [5.74, 6) is 0.752. The number of piperazine rings is 1. The maximum atomic E-state index is 13.8. The van der Waals surface area contributed by atoms with Crippen LogP contribution in [-0.4, -0.2) is 99.1 Å². The first kappa shape index (κ1) is 31.8. The summed E-state index contributed by atoms with van der Waals surface area (Å²) in [6.07, 6.45) is 10.3. The number of allylic oxidation sites excluding steroid dienone is 2. The van der Waals surface area contributed by atoms with Crippen LogP contribution in [0.2, 0.25) is 0 Å². The lowest BCUT2D eigenvalue weighted by molar-refractivity contribution is -0.0691. The fourth-order valence-corrected chi connectivity index (χ4v) is 8.97. The fraction of sp³-hybridized carbons (Fsp3) is 0.417. The van der Waals surface area contributed by atoms with Gasteiger partial charge in [0.1, 0.15) is 10.5 Å². The summed E-state index contributed by atoms with van der Waals surface area (Å²) in [4.78, 5) is 43.3. The molecule has 2 saturated heterocycles. The van der Waals surface area contributed by atoms with Crippen molar-refractivity contribution in [3.63, 3.8) is 0 Å². The van der Waals surface area contributed by atoms with Crippen LogP contribution in [0.5, 0.6) is 0 Å². The van der Waals surface area contributed by atoms with Gasteiger partial charge < -0.3 is 25.0 Å². The largest absolute Gasteiger partial charge is 0.378 e. The summed E-state index contributed by atoms with van der Waals surface area (Å²) >= 11 is 1.52. The van der Waals surface area contributed by atoms with Crippen LogP contribution in [0, 0.1) is 5.41 Å². The van der Waals surface area contributed by atoms with Crippen LogP contribution >= 0.6 is 11.3 Å². The quantitative estimate of drug-likeness (QED) is 0.278. The normalized spacial score (nSPS) is 22.5. The van der Waals surface area contributed by atoms with Crippen molar-refractivity contribution in [2.45, 2.75) is 51.9 Å². The molecule has 0 bridgehead atoms. The van der Waals surface area contributed by atoms with Gasteiger partial charge in [-0.3, -0.25) is 14.5 Å². The van der Waals surface area contributed by atoms with Crippen LogP contribution in [0.15, 0.2) is 59.6 Å². The van der Waals surface area contributed by atoms with Gasteiger partial charge in [-0.2, -0.15) is 9.78 Å². The number of hydrogen-bond donors (Lipinski definition) is 2. The molecule has 49 heavy (non-hydrogen) atoms. The number of anilines is 2. The van der Waals surface area contributed by atoms with Gasteiger partial charge in [-0.1, -0.05) is 13.8 Å². The zero-order valence-corrected chi connectivity index (χ0v) is 28.9. The van der Waals surface area contributed by atoms with E-state index in [1.54, 1.807) is 42.7 Å². The zero-order chi connectivity index (χ0) is 34.0. The predicted octanol–water partition coefficient (Wildman–Crippen LogP) is 3.68. The number of pyridine rings is 2. The third kappa shape index (κ3) is 5.64. The van der Waals surface area contributed by atoms with Gasteiger partial charge in [-0.05, 0) is 60.6 Å². The minimum absolute atomic E-state index is 0.166. The average molecular weight is 681 g/mol. The van der Waals surface area contributed by atoms with Gasteiger partial charge in [0.05, 0.1) is 48.6 Å². The minimum atomic E-state index is -0.966. The number of aliphatic hydroxyl groups excluding tert-OH is 1.